The monoisotopic (exact) mass is 521 g/mol. The second kappa shape index (κ2) is 11.9. The first kappa shape index (κ1) is 23.3. The van der Waals surface area contributed by atoms with Gasteiger partial charge < -0.3 is 19.5 Å². The molecule has 0 unspecified atom stereocenters. The Kier molecular flexibility index (Phi) is 9.58. The lowest BCUT2D eigenvalue weighted by Gasteiger charge is -2.36. The number of aromatic nitrogens is 1. The molecule has 2 heterocycles. The number of guanidine groups is 1. The molecule has 0 atom stereocenters. The van der Waals surface area contributed by atoms with Crippen LogP contribution in [0.2, 0.25) is 0 Å². The number of benzene rings is 1. The smallest absolute Gasteiger partial charge is 0.272 e. The number of rotatable bonds is 7. The topological polar surface area (TPSA) is 66.1 Å². The van der Waals surface area contributed by atoms with E-state index in [0.29, 0.717) is 12.3 Å². The minimum Gasteiger partial charge on any atom is -0.488 e. The summed E-state index contributed by atoms with van der Waals surface area (Å²) in [5.41, 5.74) is 1.88. The molecule has 1 N–H and O–H groups in total. The molecule has 0 radical (unpaired) electrons. The van der Waals surface area contributed by atoms with Crippen LogP contribution in [0.5, 0.6) is 5.75 Å². The molecule has 2 aromatic rings. The van der Waals surface area contributed by atoms with Crippen molar-refractivity contribution in [2.75, 3.05) is 39.8 Å². The van der Waals surface area contributed by atoms with E-state index in [0.717, 1.165) is 49.9 Å². The molecule has 1 aliphatic rings. The van der Waals surface area contributed by atoms with Crippen molar-refractivity contribution in [3.05, 3.63) is 47.9 Å². The zero-order valence-electron chi connectivity index (χ0n) is 16.3. The molecule has 1 fully saturated rings. The van der Waals surface area contributed by atoms with Crippen LogP contribution in [0.15, 0.2) is 46.1 Å². The summed E-state index contributed by atoms with van der Waals surface area (Å²) in [6.45, 7) is 4.25. The van der Waals surface area contributed by atoms with Gasteiger partial charge in [0.25, 0.3) is 6.43 Å². The molecule has 3 rings (SSSR count). The Bertz CT molecular complexity index is 753. The number of halogens is 3. The molecule has 160 valence electrons. The fourth-order valence-electron chi connectivity index (χ4n) is 3.08. The van der Waals surface area contributed by atoms with Crippen LogP contribution in [-0.2, 0) is 13.1 Å². The van der Waals surface area contributed by atoms with Crippen LogP contribution in [0, 0.1) is 0 Å². The van der Waals surface area contributed by atoms with Gasteiger partial charge in [-0.05, 0) is 17.7 Å². The molecule has 1 aliphatic heterocycles. The van der Waals surface area contributed by atoms with Gasteiger partial charge in [0, 0.05) is 52.4 Å². The fraction of sp³-hybridized carbons (Fsp3) is 0.474. The summed E-state index contributed by atoms with van der Waals surface area (Å²) in [5, 5.41) is 7.29. The van der Waals surface area contributed by atoms with Gasteiger partial charge in [-0.1, -0.05) is 17.3 Å². The van der Waals surface area contributed by atoms with Crippen molar-refractivity contribution in [2.24, 2.45) is 4.99 Å². The largest absolute Gasteiger partial charge is 0.488 e. The van der Waals surface area contributed by atoms with E-state index in [1.165, 1.54) is 0 Å². The van der Waals surface area contributed by atoms with Crippen LogP contribution in [-0.4, -0.2) is 67.2 Å². The predicted octanol–water partition coefficient (Wildman–Crippen LogP) is 2.83. The molecular formula is C19H26F2IN5O2. The van der Waals surface area contributed by atoms with Crippen molar-refractivity contribution < 1.29 is 18.0 Å². The Balaban J connectivity index is 0.00000300. The summed E-state index contributed by atoms with van der Waals surface area (Å²) in [7, 11) is 1.76. The minimum atomic E-state index is -2.48. The highest BCUT2D eigenvalue weighted by atomic mass is 127. The molecular weight excluding hydrogens is 495 g/mol. The summed E-state index contributed by atoms with van der Waals surface area (Å²) in [5.74, 6) is 1.26. The summed E-state index contributed by atoms with van der Waals surface area (Å²) in [6, 6.07) is 9.04. The number of hydrogen-bond donors (Lipinski definition) is 1. The number of ether oxygens (including phenoxy) is 1. The maximum Gasteiger partial charge on any atom is 0.272 e. The molecule has 0 amide bonds. The van der Waals surface area contributed by atoms with Gasteiger partial charge in [0.05, 0.1) is 5.69 Å². The Labute approximate surface area is 186 Å². The van der Waals surface area contributed by atoms with E-state index < -0.39 is 13.0 Å². The number of hydrogen-bond acceptors (Lipinski definition) is 5. The first-order valence-electron chi connectivity index (χ1n) is 9.21. The molecule has 7 nitrogen and oxygen atoms in total. The lowest BCUT2D eigenvalue weighted by atomic mass is 10.2. The maximum absolute atomic E-state index is 12.3. The molecule has 0 bridgehead atoms. The highest BCUT2D eigenvalue weighted by Crippen LogP contribution is 2.14. The molecule has 1 saturated heterocycles. The quantitative estimate of drug-likeness (QED) is 0.344. The third kappa shape index (κ3) is 7.42. The molecule has 0 spiro atoms. The van der Waals surface area contributed by atoms with Crippen molar-refractivity contribution in [1.82, 2.24) is 20.3 Å². The molecule has 10 heteroatoms. The summed E-state index contributed by atoms with van der Waals surface area (Å²) < 4.78 is 34.5. The fourth-order valence-corrected chi connectivity index (χ4v) is 3.08. The molecule has 0 aliphatic carbocycles. The highest BCUT2D eigenvalue weighted by molar-refractivity contribution is 14.0. The van der Waals surface area contributed by atoms with Crippen LogP contribution in [0.3, 0.4) is 0 Å². The molecule has 0 saturated carbocycles. The first-order chi connectivity index (χ1) is 13.6. The highest BCUT2D eigenvalue weighted by Gasteiger charge is 2.20. The van der Waals surface area contributed by atoms with Crippen molar-refractivity contribution in [3.8, 4) is 5.75 Å². The normalized spacial score (nSPS) is 15.3. The van der Waals surface area contributed by atoms with E-state index in [2.05, 4.69) is 25.3 Å². The number of piperazine rings is 1. The van der Waals surface area contributed by atoms with Gasteiger partial charge in [0.2, 0.25) is 0 Å². The van der Waals surface area contributed by atoms with Gasteiger partial charge in [-0.15, -0.1) is 24.0 Å². The lowest BCUT2D eigenvalue weighted by Crippen LogP contribution is -2.52. The predicted molar refractivity (Wildman–Crippen MR) is 117 cm³/mol. The van der Waals surface area contributed by atoms with Gasteiger partial charge in [-0.2, -0.15) is 0 Å². The first-order valence-corrected chi connectivity index (χ1v) is 9.21. The Hall–Kier alpha value is -1.95. The van der Waals surface area contributed by atoms with E-state index >= 15 is 0 Å². The van der Waals surface area contributed by atoms with E-state index in [1.807, 2.05) is 12.1 Å². The van der Waals surface area contributed by atoms with E-state index in [4.69, 9.17) is 9.26 Å². The van der Waals surface area contributed by atoms with Gasteiger partial charge in [-0.3, -0.25) is 9.89 Å². The van der Waals surface area contributed by atoms with Crippen molar-refractivity contribution in [3.63, 3.8) is 0 Å². The van der Waals surface area contributed by atoms with Crippen molar-refractivity contribution in [1.29, 1.82) is 0 Å². The summed E-state index contributed by atoms with van der Waals surface area (Å²) in [4.78, 5) is 8.89. The standard InChI is InChI=1S/C19H25F2N5O2.HI/c1-22-19(23-12-15-3-2-4-17(11-15)27-14-18(20)21)26-8-6-25(7-9-26)13-16-5-10-28-24-16;/h2-5,10-11,18H,6-9,12-14H2,1H3,(H,22,23);1H. The maximum atomic E-state index is 12.3. The Morgan fingerprint density at radius 1 is 1.28 bits per heavy atom. The van der Waals surface area contributed by atoms with Crippen LogP contribution in [0.25, 0.3) is 0 Å². The number of alkyl halides is 2. The zero-order valence-corrected chi connectivity index (χ0v) is 18.6. The SMILES string of the molecule is CN=C(NCc1cccc(OCC(F)F)c1)N1CCN(Cc2ccon2)CC1.I. The van der Waals surface area contributed by atoms with Crippen molar-refractivity contribution >= 4 is 29.9 Å². The molecule has 1 aromatic carbocycles. The second-order valence-electron chi connectivity index (χ2n) is 6.50. The minimum absolute atomic E-state index is 0. The average Bonchev–Trinajstić information content (AvgIpc) is 3.21. The lowest BCUT2D eigenvalue weighted by molar-refractivity contribution is 0.0818. The van der Waals surface area contributed by atoms with Crippen LogP contribution < -0.4 is 10.1 Å². The van der Waals surface area contributed by atoms with Gasteiger partial charge in [-0.25, -0.2) is 8.78 Å². The van der Waals surface area contributed by atoms with Gasteiger partial charge in [0.1, 0.15) is 18.6 Å². The number of nitrogens with zero attached hydrogens (tertiary/aromatic N) is 4. The van der Waals surface area contributed by atoms with Crippen LogP contribution in [0.4, 0.5) is 8.78 Å². The number of aliphatic imine (C=N–C) groups is 1. The number of nitrogens with one attached hydrogen (secondary N) is 1. The van der Waals surface area contributed by atoms with E-state index in [9.17, 15) is 8.78 Å². The van der Waals surface area contributed by atoms with E-state index in [-0.39, 0.29) is 24.0 Å². The Morgan fingerprint density at radius 3 is 2.72 bits per heavy atom. The third-order valence-electron chi connectivity index (χ3n) is 4.49. The van der Waals surface area contributed by atoms with Gasteiger partial charge in [0.15, 0.2) is 5.96 Å². The molecule has 1 aromatic heterocycles. The average molecular weight is 521 g/mol. The summed E-state index contributed by atoms with van der Waals surface area (Å²) in [6.07, 6.45) is -0.895. The second-order valence-corrected chi connectivity index (χ2v) is 6.50. The van der Waals surface area contributed by atoms with Crippen LogP contribution in [0.1, 0.15) is 11.3 Å². The zero-order chi connectivity index (χ0) is 19.8. The summed E-state index contributed by atoms with van der Waals surface area (Å²) >= 11 is 0. The third-order valence-corrected chi connectivity index (χ3v) is 4.49. The molecule has 29 heavy (non-hydrogen) atoms. The van der Waals surface area contributed by atoms with E-state index in [1.54, 1.807) is 31.5 Å². The van der Waals surface area contributed by atoms with Crippen molar-refractivity contribution in [2.45, 2.75) is 19.5 Å². The Morgan fingerprint density at radius 2 is 2.07 bits per heavy atom. The van der Waals surface area contributed by atoms with Crippen LogP contribution >= 0.6 is 24.0 Å². The van der Waals surface area contributed by atoms with Gasteiger partial charge >= 0.3 is 0 Å².